The van der Waals surface area contributed by atoms with E-state index in [9.17, 15) is 8.78 Å². The molecule has 2 aromatic carbocycles. The van der Waals surface area contributed by atoms with Crippen molar-refractivity contribution in [3.05, 3.63) is 70.8 Å². The fourth-order valence-electron chi connectivity index (χ4n) is 1.98. The molecule has 0 radical (unpaired) electrons. The minimum Gasteiger partial charge on any atom is -0.306 e. The molecule has 0 heterocycles. The van der Waals surface area contributed by atoms with Crippen molar-refractivity contribution in [1.29, 1.82) is 0 Å². The Bertz CT molecular complexity index is 566. The van der Waals surface area contributed by atoms with E-state index in [0.29, 0.717) is 6.54 Å². The third-order valence-corrected chi connectivity index (χ3v) is 3.14. The van der Waals surface area contributed by atoms with Crippen LogP contribution >= 0.6 is 0 Å². The lowest BCUT2D eigenvalue weighted by Crippen LogP contribution is -2.18. The zero-order chi connectivity index (χ0) is 13.8. The van der Waals surface area contributed by atoms with Crippen LogP contribution in [0.3, 0.4) is 0 Å². The fraction of sp³-hybridized carbons (Fsp3) is 0.250. The summed E-state index contributed by atoms with van der Waals surface area (Å²) in [5, 5.41) is 3.30. The van der Waals surface area contributed by atoms with Gasteiger partial charge in [-0.1, -0.05) is 35.9 Å². The first-order chi connectivity index (χ1) is 9.06. The highest BCUT2D eigenvalue weighted by Gasteiger charge is 2.06. The summed E-state index contributed by atoms with van der Waals surface area (Å²) in [6.07, 6.45) is 0. The predicted octanol–water partition coefficient (Wildman–Crippen LogP) is 4.12. The van der Waals surface area contributed by atoms with Crippen LogP contribution in [-0.2, 0) is 6.54 Å². The smallest absolute Gasteiger partial charge is 0.159 e. The lowest BCUT2D eigenvalue weighted by atomic mass is 10.1. The summed E-state index contributed by atoms with van der Waals surface area (Å²) < 4.78 is 25.9. The summed E-state index contributed by atoms with van der Waals surface area (Å²) in [5.74, 6) is -1.61. The maximum absolute atomic E-state index is 13.1. The normalized spacial score (nSPS) is 12.4. The topological polar surface area (TPSA) is 12.0 Å². The Morgan fingerprint density at radius 2 is 1.84 bits per heavy atom. The van der Waals surface area contributed by atoms with Crippen LogP contribution in [0.4, 0.5) is 8.78 Å². The van der Waals surface area contributed by atoms with E-state index >= 15 is 0 Å². The first-order valence-electron chi connectivity index (χ1n) is 6.30. The van der Waals surface area contributed by atoms with Crippen molar-refractivity contribution in [2.45, 2.75) is 26.4 Å². The van der Waals surface area contributed by atoms with Gasteiger partial charge in [-0.05, 0) is 37.1 Å². The molecule has 0 aromatic heterocycles. The van der Waals surface area contributed by atoms with Crippen molar-refractivity contribution in [3.63, 3.8) is 0 Å². The number of rotatable bonds is 4. The van der Waals surface area contributed by atoms with E-state index in [0.717, 1.165) is 11.6 Å². The van der Waals surface area contributed by atoms with Gasteiger partial charge < -0.3 is 5.32 Å². The maximum atomic E-state index is 13.1. The van der Waals surface area contributed by atoms with E-state index < -0.39 is 11.6 Å². The molecule has 19 heavy (non-hydrogen) atoms. The van der Waals surface area contributed by atoms with E-state index in [1.54, 1.807) is 6.07 Å². The van der Waals surface area contributed by atoms with Crippen molar-refractivity contribution in [2.24, 2.45) is 0 Å². The third kappa shape index (κ3) is 3.61. The molecule has 0 aliphatic rings. The average Bonchev–Trinajstić information content (AvgIpc) is 2.40. The standard InChI is InChI=1S/C16H17F2N/c1-11-4-3-5-14(8-11)12(2)19-10-13-6-7-15(17)16(18)9-13/h3-9,12,19H,10H2,1-2H3/t12-/m0/s1. The first-order valence-corrected chi connectivity index (χ1v) is 6.30. The van der Waals surface area contributed by atoms with Crippen LogP contribution in [0.5, 0.6) is 0 Å². The third-order valence-electron chi connectivity index (χ3n) is 3.14. The van der Waals surface area contributed by atoms with Gasteiger partial charge in [0.05, 0.1) is 0 Å². The second-order valence-corrected chi connectivity index (χ2v) is 4.77. The molecular weight excluding hydrogens is 244 g/mol. The Balaban J connectivity index is 2.00. The monoisotopic (exact) mass is 261 g/mol. The number of aryl methyl sites for hydroxylation is 1. The summed E-state index contributed by atoms with van der Waals surface area (Å²) in [6.45, 7) is 4.60. The molecule has 0 spiro atoms. The van der Waals surface area contributed by atoms with Gasteiger partial charge in [-0.3, -0.25) is 0 Å². The summed E-state index contributed by atoms with van der Waals surface area (Å²) >= 11 is 0. The zero-order valence-electron chi connectivity index (χ0n) is 11.1. The molecule has 0 saturated carbocycles. The van der Waals surface area contributed by atoms with E-state index in [4.69, 9.17) is 0 Å². The summed E-state index contributed by atoms with van der Waals surface area (Å²) in [7, 11) is 0. The molecule has 3 heteroatoms. The van der Waals surface area contributed by atoms with E-state index in [1.807, 2.05) is 19.1 Å². The number of nitrogens with one attached hydrogen (secondary N) is 1. The van der Waals surface area contributed by atoms with Gasteiger partial charge in [0.25, 0.3) is 0 Å². The second-order valence-electron chi connectivity index (χ2n) is 4.77. The van der Waals surface area contributed by atoms with Gasteiger partial charge in [-0.15, -0.1) is 0 Å². The van der Waals surface area contributed by atoms with Crippen molar-refractivity contribution >= 4 is 0 Å². The molecule has 2 aromatic rings. The highest BCUT2D eigenvalue weighted by Crippen LogP contribution is 2.15. The Kier molecular flexibility index (Phi) is 4.27. The number of hydrogen-bond acceptors (Lipinski definition) is 1. The lowest BCUT2D eigenvalue weighted by molar-refractivity contribution is 0.504. The molecule has 0 fully saturated rings. The SMILES string of the molecule is Cc1cccc([C@H](C)NCc2ccc(F)c(F)c2)c1. The molecule has 2 rings (SSSR count). The lowest BCUT2D eigenvalue weighted by Gasteiger charge is -2.15. The predicted molar refractivity (Wildman–Crippen MR) is 72.8 cm³/mol. The van der Waals surface area contributed by atoms with Crippen LogP contribution in [-0.4, -0.2) is 0 Å². The number of benzene rings is 2. The maximum Gasteiger partial charge on any atom is 0.159 e. The van der Waals surface area contributed by atoms with Crippen molar-refractivity contribution in [3.8, 4) is 0 Å². The molecule has 0 aliphatic heterocycles. The Hall–Kier alpha value is -1.74. The Labute approximate surface area is 112 Å². The van der Waals surface area contributed by atoms with Crippen LogP contribution < -0.4 is 5.32 Å². The van der Waals surface area contributed by atoms with Crippen LogP contribution in [0, 0.1) is 18.6 Å². The summed E-state index contributed by atoms with van der Waals surface area (Å²) in [6, 6.07) is 12.4. The van der Waals surface area contributed by atoms with Crippen LogP contribution in [0.2, 0.25) is 0 Å². The van der Waals surface area contributed by atoms with Gasteiger partial charge in [0, 0.05) is 12.6 Å². The molecule has 0 saturated heterocycles. The first kappa shape index (κ1) is 13.7. The highest BCUT2D eigenvalue weighted by atomic mass is 19.2. The summed E-state index contributed by atoms with van der Waals surface area (Å²) in [5.41, 5.74) is 3.12. The minimum absolute atomic E-state index is 0.160. The van der Waals surface area contributed by atoms with Gasteiger partial charge in [0.15, 0.2) is 11.6 Å². The molecule has 0 amide bonds. The largest absolute Gasteiger partial charge is 0.306 e. The molecule has 0 unspecified atom stereocenters. The van der Waals surface area contributed by atoms with Gasteiger partial charge in [-0.25, -0.2) is 8.78 Å². The molecule has 1 N–H and O–H groups in total. The molecule has 100 valence electrons. The van der Waals surface area contributed by atoms with E-state index in [1.165, 1.54) is 17.2 Å². The van der Waals surface area contributed by atoms with Crippen molar-refractivity contribution < 1.29 is 8.78 Å². The molecule has 0 aliphatic carbocycles. The molecular formula is C16H17F2N. The van der Waals surface area contributed by atoms with Gasteiger partial charge in [-0.2, -0.15) is 0 Å². The van der Waals surface area contributed by atoms with E-state index in [-0.39, 0.29) is 6.04 Å². The molecule has 1 nitrogen and oxygen atoms in total. The van der Waals surface area contributed by atoms with E-state index in [2.05, 4.69) is 24.4 Å². The van der Waals surface area contributed by atoms with Gasteiger partial charge >= 0.3 is 0 Å². The van der Waals surface area contributed by atoms with Gasteiger partial charge in [0.1, 0.15) is 0 Å². The highest BCUT2D eigenvalue weighted by molar-refractivity contribution is 5.25. The molecule has 1 atom stereocenters. The minimum atomic E-state index is -0.810. The Morgan fingerprint density at radius 3 is 2.53 bits per heavy atom. The second kappa shape index (κ2) is 5.93. The number of hydrogen-bond donors (Lipinski definition) is 1. The summed E-state index contributed by atoms with van der Waals surface area (Å²) in [4.78, 5) is 0. The van der Waals surface area contributed by atoms with Crippen molar-refractivity contribution in [2.75, 3.05) is 0 Å². The number of halogens is 2. The van der Waals surface area contributed by atoms with Gasteiger partial charge in [0.2, 0.25) is 0 Å². The van der Waals surface area contributed by atoms with Crippen LogP contribution in [0.25, 0.3) is 0 Å². The Morgan fingerprint density at radius 1 is 1.05 bits per heavy atom. The quantitative estimate of drug-likeness (QED) is 0.872. The fourth-order valence-corrected chi connectivity index (χ4v) is 1.98. The average molecular weight is 261 g/mol. The molecule has 0 bridgehead atoms. The van der Waals surface area contributed by atoms with Crippen LogP contribution in [0.15, 0.2) is 42.5 Å². The zero-order valence-corrected chi connectivity index (χ0v) is 11.1. The van der Waals surface area contributed by atoms with Crippen molar-refractivity contribution in [1.82, 2.24) is 5.32 Å². The van der Waals surface area contributed by atoms with Crippen LogP contribution in [0.1, 0.15) is 29.7 Å².